The number of nitrogens with one attached hydrogen (secondary N) is 2. The van der Waals surface area contributed by atoms with Crippen LogP contribution in [0.25, 0.3) is 0 Å². The smallest absolute Gasteiger partial charge is 0.322 e. The third kappa shape index (κ3) is 4.38. The van der Waals surface area contributed by atoms with Gasteiger partial charge in [0.15, 0.2) is 10.7 Å². The number of nitrogens with zero attached hydrogens (tertiary/aromatic N) is 4. The fourth-order valence-electron chi connectivity index (χ4n) is 4.67. The minimum absolute atomic E-state index is 0.00568. The standard InChI is InChI=1S/C23H24N6O4S/c1-33-17-7-5-14(6-8-17)10-24-21(31)20-22(34-27-26-20)25-23(32)28-11-15-9-16(13-28)18-3-2-4-19(30)29(18)12-15/h2-8,15-16H,9-13H2,1H3,(H,24,31)(H,25,32). The molecule has 2 N–H and O–H groups in total. The number of ether oxygens (including phenoxy) is 1. The van der Waals surface area contributed by atoms with Gasteiger partial charge < -0.3 is 19.5 Å². The summed E-state index contributed by atoms with van der Waals surface area (Å²) in [4.78, 5) is 39.7. The maximum absolute atomic E-state index is 13.0. The molecule has 3 amide bonds. The Morgan fingerprint density at radius 1 is 1.15 bits per heavy atom. The molecule has 11 heteroatoms. The molecule has 34 heavy (non-hydrogen) atoms. The number of aromatic nitrogens is 3. The van der Waals surface area contributed by atoms with Crippen molar-refractivity contribution in [2.24, 2.45) is 5.92 Å². The molecule has 1 fully saturated rings. The minimum atomic E-state index is -0.413. The van der Waals surface area contributed by atoms with Crippen LogP contribution in [0.3, 0.4) is 0 Å². The number of piperidine rings is 1. The molecule has 2 atom stereocenters. The van der Waals surface area contributed by atoms with Crippen molar-refractivity contribution in [2.75, 3.05) is 25.5 Å². The first-order valence-electron chi connectivity index (χ1n) is 11.0. The van der Waals surface area contributed by atoms with Crippen molar-refractivity contribution in [3.63, 3.8) is 0 Å². The topological polar surface area (TPSA) is 118 Å². The van der Waals surface area contributed by atoms with Crippen LogP contribution in [0.1, 0.15) is 34.1 Å². The number of urea groups is 1. The van der Waals surface area contributed by atoms with E-state index in [2.05, 4.69) is 20.2 Å². The highest BCUT2D eigenvalue weighted by atomic mass is 32.1. The summed E-state index contributed by atoms with van der Waals surface area (Å²) in [6.07, 6.45) is 0.953. The Morgan fingerprint density at radius 2 is 1.97 bits per heavy atom. The third-order valence-corrected chi connectivity index (χ3v) is 6.94. The fourth-order valence-corrected chi connectivity index (χ4v) is 5.23. The maximum Gasteiger partial charge on any atom is 0.322 e. The highest BCUT2D eigenvalue weighted by Crippen LogP contribution is 2.35. The number of hydrogen-bond donors (Lipinski definition) is 2. The zero-order valence-corrected chi connectivity index (χ0v) is 19.4. The average Bonchev–Trinajstić information content (AvgIpc) is 3.31. The average molecular weight is 481 g/mol. The van der Waals surface area contributed by atoms with Gasteiger partial charge in [0.1, 0.15) is 5.75 Å². The first-order valence-corrected chi connectivity index (χ1v) is 11.8. The van der Waals surface area contributed by atoms with E-state index in [0.717, 1.165) is 35.0 Å². The Hall–Kier alpha value is -3.73. The molecule has 176 valence electrons. The van der Waals surface area contributed by atoms with Crippen molar-refractivity contribution >= 4 is 28.5 Å². The van der Waals surface area contributed by atoms with Crippen LogP contribution in [0.5, 0.6) is 5.75 Å². The van der Waals surface area contributed by atoms with Crippen molar-refractivity contribution in [3.05, 3.63) is 69.8 Å². The van der Waals surface area contributed by atoms with Gasteiger partial charge in [0.25, 0.3) is 11.5 Å². The summed E-state index contributed by atoms with van der Waals surface area (Å²) >= 11 is 0.966. The Labute approximate surface area is 199 Å². The molecule has 0 aliphatic carbocycles. The largest absolute Gasteiger partial charge is 0.497 e. The Kier molecular flexibility index (Phi) is 6.01. The lowest BCUT2D eigenvalue weighted by Gasteiger charge is -2.42. The predicted octanol–water partition coefficient (Wildman–Crippen LogP) is 2.29. The highest BCUT2D eigenvalue weighted by Gasteiger charge is 2.36. The van der Waals surface area contributed by atoms with Crippen LogP contribution in [0.2, 0.25) is 0 Å². The number of methoxy groups -OCH3 is 1. The van der Waals surface area contributed by atoms with Gasteiger partial charge in [-0.15, -0.1) is 5.10 Å². The molecular formula is C23H24N6O4S. The van der Waals surface area contributed by atoms with Crippen molar-refractivity contribution in [2.45, 2.75) is 25.4 Å². The van der Waals surface area contributed by atoms with Gasteiger partial charge in [-0.25, -0.2) is 4.79 Å². The Morgan fingerprint density at radius 3 is 2.76 bits per heavy atom. The lowest BCUT2D eigenvalue weighted by molar-refractivity contribution is 0.0946. The number of hydrogen-bond acceptors (Lipinski definition) is 7. The molecule has 2 aliphatic rings. The van der Waals surface area contributed by atoms with Gasteiger partial charge in [-0.3, -0.25) is 14.9 Å². The van der Waals surface area contributed by atoms with Crippen molar-refractivity contribution in [1.82, 2.24) is 24.4 Å². The van der Waals surface area contributed by atoms with Gasteiger partial charge in [-0.2, -0.15) is 0 Å². The summed E-state index contributed by atoms with van der Waals surface area (Å²) < 4.78 is 10.8. The molecule has 4 heterocycles. The zero-order valence-electron chi connectivity index (χ0n) is 18.6. The number of rotatable bonds is 5. The lowest BCUT2D eigenvalue weighted by Crippen LogP contribution is -2.50. The van der Waals surface area contributed by atoms with E-state index in [0.29, 0.717) is 31.2 Å². The summed E-state index contributed by atoms with van der Waals surface area (Å²) in [5.74, 6) is 0.646. The minimum Gasteiger partial charge on any atom is -0.497 e. The van der Waals surface area contributed by atoms with Gasteiger partial charge in [0.2, 0.25) is 0 Å². The molecule has 1 aromatic carbocycles. The van der Waals surface area contributed by atoms with Crippen LogP contribution in [-0.2, 0) is 13.1 Å². The van der Waals surface area contributed by atoms with Crippen molar-refractivity contribution < 1.29 is 14.3 Å². The number of likely N-dealkylation sites (tertiary alicyclic amines) is 1. The highest BCUT2D eigenvalue weighted by molar-refractivity contribution is 7.10. The molecule has 0 radical (unpaired) electrons. The lowest BCUT2D eigenvalue weighted by atomic mass is 9.83. The van der Waals surface area contributed by atoms with Crippen LogP contribution in [-0.4, -0.2) is 51.2 Å². The monoisotopic (exact) mass is 480 g/mol. The summed E-state index contributed by atoms with van der Waals surface area (Å²) in [5, 5.41) is 9.85. The number of pyridine rings is 1. The molecule has 0 spiro atoms. The van der Waals surface area contributed by atoms with E-state index in [9.17, 15) is 14.4 Å². The normalized spacial score (nSPS) is 18.7. The summed E-state index contributed by atoms with van der Waals surface area (Å²) in [5.41, 5.74) is 1.97. The molecule has 0 saturated carbocycles. The van der Waals surface area contributed by atoms with E-state index in [1.807, 2.05) is 34.9 Å². The van der Waals surface area contributed by atoms with Crippen LogP contribution in [0.15, 0.2) is 47.3 Å². The second-order valence-electron chi connectivity index (χ2n) is 8.51. The van der Waals surface area contributed by atoms with Gasteiger partial charge in [0.05, 0.1) is 7.11 Å². The number of carbonyl (C=O) groups excluding carboxylic acids is 2. The van der Waals surface area contributed by atoms with E-state index in [-0.39, 0.29) is 29.1 Å². The first-order chi connectivity index (χ1) is 16.5. The second kappa shape index (κ2) is 9.26. The molecule has 2 aromatic heterocycles. The van der Waals surface area contributed by atoms with Gasteiger partial charge >= 0.3 is 6.03 Å². The quantitative estimate of drug-likeness (QED) is 0.579. The molecule has 2 bridgehead atoms. The third-order valence-electron chi connectivity index (χ3n) is 6.30. The van der Waals surface area contributed by atoms with E-state index >= 15 is 0 Å². The number of fused-ring (bicyclic) bond motifs is 4. The van der Waals surface area contributed by atoms with E-state index in [1.165, 1.54) is 0 Å². The molecular weight excluding hydrogens is 456 g/mol. The zero-order chi connectivity index (χ0) is 23.7. The number of amides is 3. The van der Waals surface area contributed by atoms with Crippen LogP contribution >= 0.6 is 11.5 Å². The Balaban J connectivity index is 1.23. The van der Waals surface area contributed by atoms with Crippen LogP contribution in [0.4, 0.5) is 9.80 Å². The predicted molar refractivity (Wildman–Crippen MR) is 126 cm³/mol. The van der Waals surface area contributed by atoms with Crippen molar-refractivity contribution in [3.8, 4) is 5.75 Å². The van der Waals surface area contributed by atoms with Gasteiger partial charge in [-0.05, 0) is 36.1 Å². The summed E-state index contributed by atoms with van der Waals surface area (Å²) in [7, 11) is 1.60. The van der Waals surface area contributed by atoms with Crippen LogP contribution < -0.4 is 20.9 Å². The molecule has 2 unspecified atom stereocenters. The van der Waals surface area contributed by atoms with E-state index in [1.54, 1.807) is 24.1 Å². The van der Waals surface area contributed by atoms with Crippen LogP contribution in [0, 0.1) is 5.92 Å². The summed E-state index contributed by atoms with van der Waals surface area (Å²) in [6.45, 7) is 1.98. The SMILES string of the molecule is COc1ccc(CNC(=O)c2nnsc2NC(=O)N2CC3CC(C2)c2cccc(=O)n2C3)cc1. The van der Waals surface area contributed by atoms with Crippen molar-refractivity contribution in [1.29, 1.82) is 0 Å². The number of benzene rings is 1. The van der Waals surface area contributed by atoms with E-state index < -0.39 is 5.91 Å². The Bertz CT molecular complexity index is 1270. The fraction of sp³-hybridized carbons (Fsp3) is 0.348. The maximum atomic E-state index is 13.0. The number of anilines is 1. The molecule has 10 nitrogen and oxygen atoms in total. The molecule has 1 saturated heterocycles. The van der Waals surface area contributed by atoms with Gasteiger partial charge in [-0.1, -0.05) is 22.7 Å². The van der Waals surface area contributed by atoms with Gasteiger partial charge in [0, 0.05) is 55.4 Å². The molecule has 3 aromatic rings. The molecule has 2 aliphatic heterocycles. The number of carbonyl (C=O) groups is 2. The van der Waals surface area contributed by atoms with E-state index in [4.69, 9.17) is 4.74 Å². The molecule has 5 rings (SSSR count). The first kappa shape index (κ1) is 22.1. The second-order valence-corrected chi connectivity index (χ2v) is 9.27. The summed E-state index contributed by atoms with van der Waals surface area (Å²) in [6, 6.07) is 12.4.